The molecule has 3 nitrogen and oxygen atoms in total. The van der Waals surface area contributed by atoms with Crippen molar-refractivity contribution in [3.05, 3.63) is 36.7 Å². The third-order valence-corrected chi connectivity index (χ3v) is 1.85. The van der Waals surface area contributed by atoms with Crippen LogP contribution < -0.4 is 4.74 Å². The Balaban J connectivity index is 2.42. The van der Waals surface area contributed by atoms with Gasteiger partial charge in [-0.1, -0.05) is 12.1 Å². The van der Waals surface area contributed by atoms with Crippen LogP contribution >= 0.6 is 0 Å². The molecule has 0 radical (unpaired) electrons. The van der Waals surface area contributed by atoms with Crippen LogP contribution in [0.4, 0.5) is 0 Å². The molecule has 0 saturated carbocycles. The van der Waals surface area contributed by atoms with Gasteiger partial charge in [0, 0.05) is 0 Å². The van der Waals surface area contributed by atoms with E-state index in [4.69, 9.17) is 9.15 Å². The molecule has 0 saturated heterocycles. The molecular weight excluding hydrogens is 178 g/mol. The van der Waals surface area contributed by atoms with Gasteiger partial charge in [0.05, 0.1) is 18.4 Å². The number of benzene rings is 1. The molecule has 0 N–H and O–H groups in total. The van der Waals surface area contributed by atoms with E-state index in [1.807, 2.05) is 31.2 Å². The van der Waals surface area contributed by atoms with Gasteiger partial charge in [-0.25, -0.2) is 4.98 Å². The van der Waals surface area contributed by atoms with Gasteiger partial charge < -0.3 is 9.15 Å². The fourth-order valence-electron chi connectivity index (χ4n) is 1.28. The highest BCUT2D eigenvalue weighted by Gasteiger charge is 2.08. The molecule has 14 heavy (non-hydrogen) atoms. The van der Waals surface area contributed by atoms with E-state index in [0.717, 1.165) is 11.3 Å². The third-order valence-electron chi connectivity index (χ3n) is 1.85. The van der Waals surface area contributed by atoms with Crippen LogP contribution in [0.3, 0.4) is 0 Å². The summed E-state index contributed by atoms with van der Waals surface area (Å²) in [6.45, 7) is 2.59. The van der Waals surface area contributed by atoms with Crippen molar-refractivity contribution >= 4 is 0 Å². The van der Waals surface area contributed by atoms with Crippen molar-refractivity contribution in [2.24, 2.45) is 0 Å². The van der Waals surface area contributed by atoms with Crippen molar-refractivity contribution in [3.8, 4) is 17.2 Å². The number of oxazole rings is 1. The molecule has 0 unspecified atom stereocenters. The Hall–Kier alpha value is -1.77. The molecule has 1 heterocycles. The second-order valence-corrected chi connectivity index (χ2v) is 2.77. The summed E-state index contributed by atoms with van der Waals surface area (Å²) in [4.78, 5) is 4.08. The Morgan fingerprint density at radius 3 is 2.93 bits per heavy atom. The lowest BCUT2D eigenvalue weighted by molar-refractivity contribution is 0.340. The molecule has 3 heteroatoms. The van der Waals surface area contributed by atoms with Gasteiger partial charge >= 0.3 is 0 Å². The van der Waals surface area contributed by atoms with Crippen molar-refractivity contribution in [1.29, 1.82) is 0 Å². The lowest BCUT2D eigenvalue weighted by atomic mass is 10.2. The molecule has 0 spiro atoms. The predicted octanol–water partition coefficient (Wildman–Crippen LogP) is 2.74. The average Bonchev–Trinajstić information content (AvgIpc) is 2.72. The molecule has 1 aromatic heterocycles. The second-order valence-electron chi connectivity index (χ2n) is 2.77. The van der Waals surface area contributed by atoms with Crippen LogP contribution in [0.25, 0.3) is 11.5 Å². The first-order chi connectivity index (χ1) is 6.92. The number of aromatic nitrogens is 1. The minimum absolute atomic E-state index is 0.592. The van der Waals surface area contributed by atoms with Crippen molar-refractivity contribution in [2.45, 2.75) is 6.92 Å². The van der Waals surface area contributed by atoms with E-state index in [1.54, 1.807) is 12.5 Å². The Labute approximate surface area is 82.3 Å². The van der Waals surface area contributed by atoms with Crippen molar-refractivity contribution in [2.75, 3.05) is 6.61 Å². The Morgan fingerprint density at radius 2 is 2.21 bits per heavy atom. The quantitative estimate of drug-likeness (QED) is 0.744. The van der Waals surface area contributed by atoms with E-state index in [1.165, 1.54) is 0 Å². The molecule has 2 rings (SSSR count). The van der Waals surface area contributed by atoms with Gasteiger partial charge in [-0.2, -0.15) is 0 Å². The number of hydrogen-bond acceptors (Lipinski definition) is 3. The van der Waals surface area contributed by atoms with E-state index in [2.05, 4.69) is 4.98 Å². The van der Waals surface area contributed by atoms with Crippen LogP contribution in [0.5, 0.6) is 5.75 Å². The molecule has 0 fully saturated rings. The van der Waals surface area contributed by atoms with Gasteiger partial charge in [-0.15, -0.1) is 0 Å². The number of hydrogen-bond donors (Lipinski definition) is 0. The maximum Gasteiger partial charge on any atom is 0.229 e. The van der Waals surface area contributed by atoms with Gasteiger partial charge in [0.15, 0.2) is 0 Å². The van der Waals surface area contributed by atoms with Crippen LogP contribution in [-0.4, -0.2) is 11.6 Å². The highest BCUT2D eigenvalue weighted by Crippen LogP contribution is 2.28. The lowest BCUT2D eigenvalue weighted by Crippen LogP contribution is -1.93. The Kier molecular flexibility index (Phi) is 2.49. The van der Waals surface area contributed by atoms with E-state index in [9.17, 15) is 0 Å². The summed E-state index contributed by atoms with van der Waals surface area (Å²) in [5.74, 6) is 1.39. The lowest BCUT2D eigenvalue weighted by Gasteiger charge is -2.06. The van der Waals surface area contributed by atoms with Crippen LogP contribution in [-0.2, 0) is 0 Å². The zero-order chi connectivity index (χ0) is 9.80. The third kappa shape index (κ3) is 1.62. The van der Waals surface area contributed by atoms with E-state index in [-0.39, 0.29) is 0 Å². The van der Waals surface area contributed by atoms with Crippen LogP contribution in [0.1, 0.15) is 6.92 Å². The maximum absolute atomic E-state index is 5.46. The minimum Gasteiger partial charge on any atom is -0.493 e. The number of para-hydroxylation sites is 1. The molecule has 0 aliphatic carbocycles. The zero-order valence-electron chi connectivity index (χ0n) is 7.93. The van der Waals surface area contributed by atoms with Gasteiger partial charge in [0.1, 0.15) is 12.0 Å². The highest BCUT2D eigenvalue weighted by molar-refractivity contribution is 5.62. The monoisotopic (exact) mass is 189 g/mol. The first-order valence-electron chi connectivity index (χ1n) is 4.53. The van der Waals surface area contributed by atoms with E-state index >= 15 is 0 Å². The topological polar surface area (TPSA) is 35.3 Å². The largest absolute Gasteiger partial charge is 0.493 e. The van der Waals surface area contributed by atoms with Crippen molar-refractivity contribution in [1.82, 2.24) is 4.98 Å². The molecule has 1 aromatic carbocycles. The normalized spacial score (nSPS) is 10.1. The van der Waals surface area contributed by atoms with Crippen molar-refractivity contribution < 1.29 is 9.15 Å². The maximum atomic E-state index is 5.46. The van der Waals surface area contributed by atoms with Gasteiger partial charge in [-0.3, -0.25) is 0 Å². The molecule has 0 atom stereocenters. The van der Waals surface area contributed by atoms with E-state index < -0.39 is 0 Å². The molecule has 0 aliphatic rings. The van der Waals surface area contributed by atoms with Gasteiger partial charge in [0.25, 0.3) is 0 Å². The number of ether oxygens (including phenoxy) is 1. The first-order valence-corrected chi connectivity index (χ1v) is 4.53. The fraction of sp³-hybridized carbons (Fsp3) is 0.182. The molecular formula is C11H11NO2. The van der Waals surface area contributed by atoms with Crippen molar-refractivity contribution in [3.63, 3.8) is 0 Å². The van der Waals surface area contributed by atoms with Crippen LogP contribution in [0.2, 0.25) is 0 Å². The molecule has 0 amide bonds. The minimum atomic E-state index is 0.592. The summed E-state index contributed by atoms with van der Waals surface area (Å²) in [7, 11) is 0. The molecule has 0 aliphatic heterocycles. The molecule has 2 aromatic rings. The summed E-state index contributed by atoms with van der Waals surface area (Å²) in [5, 5.41) is 0. The Morgan fingerprint density at radius 1 is 1.36 bits per heavy atom. The SMILES string of the molecule is CCOc1ccccc1-c1ncco1. The number of nitrogens with zero attached hydrogens (tertiary/aromatic N) is 1. The predicted molar refractivity (Wildman–Crippen MR) is 53.1 cm³/mol. The smallest absolute Gasteiger partial charge is 0.229 e. The molecule has 0 bridgehead atoms. The average molecular weight is 189 g/mol. The summed E-state index contributed by atoms with van der Waals surface area (Å²) >= 11 is 0. The standard InChI is InChI=1S/C11H11NO2/c1-2-13-10-6-4-3-5-9(10)11-12-7-8-14-11/h3-8H,2H2,1H3. The molecule has 72 valence electrons. The van der Waals surface area contributed by atoms with Gasteiger partial charge in [-0.05, 0) is 19.1 Å². The van der Waals surface area contributed by atoms with Crippen LogP contribution in [0, 0.1) is 0 Å². The first kappa shape index (κ1) is 8.81. The highest BCUT2D eigenvalue weighted by atomic mass is 16.5. The summed E-state index contributed by atoms with van der Waals surface area (Å²) in [5.41, 5.74) is 0.888. The Bertz CT molecular complexity index is 395. The number of rotatable bonds is 3. The fourth-order valence-corrected chi connectivity index (χ4v) is 1.28. The summed E-state index contributed by atoms with van der Waals surface area (Å²) < 4.78 is 10.7. The van der Waals surface area contributed by atoms with Gasteiger partial charge in [0.2, 0.25) is 5.89 Å². The summed E-state index contributed by atoms with van der Waals surface area (Å²) in [6, 6.07) is 7.69. The zero-order valence-corrected chi connectivity index (χ0v) is 7.93. The van der Waals surface area contributed by atoms with E-state index in [0.29, 0.717) is 12.5 Å². The second kappa shape index (κ2) is 3.96. The summed E-state index contributed by atoms with van der Waals surface area (Å²) in [6.07, 6.45) is 3.18. The van der Waals surface area contributed by atoms with Crippen LogP contribution in [0.15, 0.2) is 41.1 Å².